The quantitative estimate of drug-likeness (QED) is 0.874. The molecule has 0 atom stereocenters. The summed E-state index contributed by atoms with van der Waals surface area (Å²) >= 11 is 0. The van der Waals surface area contributed by atoms with Gasteiger partial charge in [-0.3, -0.25) is 0 Å². The van der Waals surface area contributed by atoms with Crippen molar-refractivity contribution in [2.24, 2.45) is 0 Å². The highest BCUT2D eigenvalue weighted by Gasteiger charge is 2.17. The molecule has 0 radical (unpaired) electrons. The second-order valence-corrected chi connectivity index (χ2v) is 5.86. The van der Waals surface area contributed by atoms with E-state index < -0.39 is 0 Å². The predicted octanol–water partition coefficient (Wildman–Crippen LogP) is 2.61. The molecule has 0 saturated carbocycles. The third kappa shape index (κ3) is 4.30. The summed E-state index contributed by atoms with van der Waals surface area (Å²) in [7, 11) is 1.70. The molecule has 1 N–H and O–H groups in total. The lowest BCUT2D eigenvalue weighted by atomic mass is 9.89. The number of ether oxygens (including phenoxy) is 1. The Morgan fingerprint density at radius 3 is 2.06 bits per heavy atom. The third-order valence-electron chi connectivity index (χ3n) is 2.74. The fourth-order valence-corrected chi connectivity index (χ4v) is 1.17. The number of nitrogens with one attached hydrogen (secondary N) is 1. The molecule has 0 aliphatic carbocycles. The van der Waals surface area contributed by atoms with Crippen molar-refractivity contribution in [3.63, 3.8) is 0 Å². The number of aromatic nitrogens is 2. The third-order valence-corrected chi connectivity index (χ3v) is 2.74. The predicted molar refractivity (Wildman–Crippen MR) is 70.3 cm³/mol. The second-order valence-electron chi connectivity index (χ2n) is 5.86. The molecule has 0 saturated heterocycles. The number of methoxy groups -OCH3 is 1. The largest absolute Gasteiger partial charge is 0.377 e. The normalized spacial score (nSPS) is 12.6. The maximum absolute atomic E-state index is 5.32. The van der Waals surface area contributed by atoms with Gasteiger partial charge in [0.15, 0.2) is 0 Å². The van der Waals surface area contributed by atoms with Crippen LogP contribution in [0.2, 0.25) is 0 Å². The van der Waals surface area contributed by atoms with E-state index in [0.717, 1.165) is 5.56 Å². The first-order valence-corrected chi connectivity index (χ1v) is 5.86. The SMILES string of the molecule is COC(C)(C)CNc1ncc(C(C)(C)C)cn1. The van der Waals surface area contributed by atoms with Crippen LogP contribution in [-0.2, 0) is 10.2 Å². The summed E-state index contributed by atoms with van der Waals surface area (Å²) in [5, 5.41) is 3.17. The fraction of sp³-hybridized carbons (Fsp3) is 0.692. The monoisotopic (exact) mass is 237 g/mol. The van der Waals surface area contributed by atoms with E-state index in [2.05, 4.69) is 36.1 Å². The molecule has 0 aromatic carbocycles. The molecule has 0 bridgehead atoms. The van der Waals surface area contributed by atoms with Crippen molar-refractivity contribution in [1.29, 1.82) is 0 Å². The van der Waals surface area contributed by atoms with Crippen LogP contribution in [0.5, 0.6) is 0 Å². The van der Waals surface area contributed by atoms with Gasteiger partial charge in [0.25, 0.3) is 0 Å². The zero-order valence-corrected chi connectivity index (χ0v) is 11.7. The lowest BCUT2D eigenvalue weighted by Crippen LogP contribution is -2.32. The summed E-state index contributed by atoms with van der Waals surface area (Å²) in [5.74, 6) is 0.642. The maximum atomic E-state index is 5.32. The Morgan fingerprint density at radius 1 is 1.12 bits per heavy atom. The summed E-state index contributed by atoms with van der Waals surface area (Å²) in [6.07, 6.45) is 3.74. The fourth-order valence-electron chi connectivity index (χ4n) is 1.17. The van der Waals surface area contributed by atoms with Gasteiger partial charge in [0.2, 0.25) is 5.95 Å². The summed E-state index contributed by atoms with van der Waals surface area (Å²) in [5.41, 5.74) is 1.00. The minimum Gasteiger partial charge on any atom is -0.377 e. The first-order chi connectivity index (χ1) is 7.74. The van der Waals surface area contributed by atoms with Gasteiger partial charge in [-0.1, -0.05) is 20.8 Å². The van der Waals surface area contributed by atoms with Crippen LogP contribution in [0, 0.1) is 0 Å². The number of hydrogen-bond donors (Lipinski definition) is 1. The number of nitrogens with zero attached hydrogens (tertiary/aromatic N) is 2. The molecule has 1 aromatic heterocycles. The molecule has 17 heavy (non-hydrogen) atoms. The summed E-state index contributed by atoms with van der Waals surface area (Å²) in [4.78, 5) is 8.61. The molecule has 0 aliphatic heterocycles. The zero-order chi connectivity index (χ0) is 13.1. The lowest BCUT2D eigenvalue weighted by molar-refractivity contribution is 0.0342. The molecule has 1 rings (SSSR count). The smallest absolute Gasteiger partial charge is 0.222 e. The molecule has 96 valence electrons. The average molecular weight is 237 g/mol. The van der Waals surface area contributed by atoms with Crippen molar-refractivity contribution >= 4 is 5.95 Å². The van der Waals surface area contributed by atoms with E-state index in [-0.39, 0.29) is 11.0 Å². The van der Waals surface area contributed by atoms with Gasteiger partial charge in [0, 0.05) is 26.0 Å². The Labute approximate surface area is 104 Å². The number of hydrogen-bond acceptors (Lipinski definition) is 4. The first-order valence-electron chi connectivity index (χ1n) is 5.86. The molecule has 0 fully saturated rings. The van der Waals surface area contributed by atoms with Crippen LogP contribution in [0.15, 0.2) is 12.4 Å². The summed E-state index contributed by atoms with van der Waals surface area (Å²) < 4.78 is 5.32. The van der Waals surface area contributed by atoms with Gasteiger partial charge in [0.05, 0.1) is 5.60 Å². The summed E-state index contributed by atoms with van der Waals surface area (Å²) in [6.45, 7) is 11.2. The highest BCUT2D eigenvalue weighted by atomic mass is 16.5. The molecular formula is C13H23N3O. The zero-order valence-electron chi connectivity index (χ0n) is 11.7. The van der Waals surface area contributed by atoms with E-state index in [4.69, 9.17) is 4.74 Å². The highest BCUT2D eigenvalue weighted by molar-refractivity contribution is 5.27. The molecule has 4 nitrogen and oxygen atoms in total. The first kappa shape index (κ1) is 13.9. The van der Waals surface area contributed by atoms with E-state index >= 15 is 0 Å². The Morgan fingerprint density at radius 2 is 1.65 bits per heavy atom. The van der Waals surface area contributed by atoms with Crippen LogP contribution in [0.25, 0.3) is 0 Å². The van der Waals surface area contributed by atoms with Gasteiger partial charge in [-0.15, -0.1) is 0 Å². The van der Waals surface area contributed by atoms with Gasteiger partial charge < -0.3 is 10.1 Å². The molecule has 0 spiro atoms. The van der Waals surface area contributed by atoms with E-state index in [9.17, 15) is 0 Å². The molecule has 1 aromatic rings. The standard InChI is InChI=1S/C13H23N3O/c1-12(2,3)10-7-14-11(15-8-10)16-9-13(4,5)17-6/h7-8H,9H2,1-6H3,(H,14,15,16). The van der Waals surface area contributed by atoms with Gasteiger partial charge in [0.1, 0.15) is 0 Å². The van der Waals surface area contributed by atoms with Crippen molar-refractivity contribution in [2.45, 2.75) is 45.6 Å². The van der Waals surface area contributed by atoms with Crippen LogP contribution in [0.1, 0.15) is 40.2 Å². The van der Waals surface area contributed by atoms with E-state index in [1.54, 1.807) is 7.11 Å². The van der Waals surface area contributed by atoms with E-state index in [1.165, 1.54) is 0 Å². The Hall–Kier alpha value is -1.16. The highest BCUT2D eigenvalue weighted by Crippen LogP contribution is 2.20. The van der Waals surface area contributed by atoms with Gasteiger partial charge in [-0.2, -0.15) is 0 Å². The second kappa shape index (κ2) is 5.00. The molecule has 0 aliphatic rings. The topological polar surface area (TPSA) is 47.0 Å². The number of rotatable bonds is 4. The van der Waals surface area contributed by atoms with Crippen molar-refractivity contribution < 1.29 is 4.74 Å². The van der Waals surface area contributed by atoms with Crippen LogP contribution in [0.4, 0.5) is 5.95 Å². The van der Waals surface area contributed by atoms with Crippen molar-refractivity contribution in [2.75, 3.05) is 19.0 Å². The van der Waals surface area contributed by atoms with Crippen LogP contribution >= 0.6 is 0 Å². The molecule has 0 unspecified atom stereocenters. The van der Waals surface area contributed by atoms with E-state index in [1.807, 2.05) is 26.2 Å². The lowest BCUT2D eigenvalue weighted by Gasteiger charge is -2.23. The Balaban J connectivity index is 2.64. The van der Waals surface area contributed by atoms with Crippen LogP contribution in [0.3, 0.4) is 0 Å². The summed E-state index contributed by atoms with van der Waals surface area (Å²) in [6, 6.07) is 0. The Bertz CT molecular complexity index is 352. The molecule has 4 heteroatoms. The van der Waals surface area contributed by atoms with Crippen LogP contribution < -0.4 is 5.32 Å². The molecule has 1 heterocycles. The van der Waals surface area contributed by atoms with Gasteiger partial charge >= 0.3 is 0 Å². The van der Waals surface area contributed by atoms with Gasteiger partial charge in [-0.05, 0) is 24.8 Å². The van der Waals surface area contributed by atoms with Crippen molar-refractivity contribution in [3.05, 3.63) is 18.0 Å². The van der Waals surface area contributed by atoms with Crippen LogP contribution in [-0.4, -0.2) is 29.2 Å². The van der Waals surface area contributed by atoms with Crippen molar-refractivity contribution in [3.8, 4) is 0 Å². The molecular weight excluding hydrogens is 214 g/mol. The van der Waals surface area contributed by atoms with Crippen molar-refractivity contribution in [1.82, 2.24) is 9.97 Å². The minimum atomic E-state index is -0.216. The van der Waals surface area contributed by atoms with E-state index in [0.29, 0.717) is 12.5 Å². The Kier molecular flexibility index (Phi) is 4.09. The number of anilines is 1. The van der Waals surface area contributed by atoms with Gasteiger partial charge in [-0.25, -0.2) is 9.97 Å². The maximum Gasteiger partial charge on any atom is 0.222 e. The average Bonchev–Trinajstić information content (AvgIpc) is 2.26. The molecule has 0 amide bonds. The minimum absolute atomic E-state index is 0.0876.